The summed E-state index contributed by atoms with van der Waals surface area (Å²) in [5, 5.41) is 4.23. The van der Waals surface area contributed by atoms with Crippen LogP contribution in [-0.2, 0) is 6.54 Å². The summed E-state index contributed by atoms with van der Waals surface area (Å²) in [6.45, 7) is 0.715. The molecule has 0 aliphatic rings. The van der Waals surface area contributed by atoms with Crippen LogP contribution in [0.3, 0.4) is 0 Å². The number of nitrogens with zero attached hydrogens (tertiary/aromatic N) is 1. The van der Waals surface area contributed by atoms with Gasteiger partial charge in [0.25, 0.3) is 0 Å². The predicted octanol–water partition coefficient (Wildman–Crippen LogP) is 4.60. The smallest absolute Gasteiger partial charge is 0.127 e. The molecule has 0 radical (unpaired) electrons. The molecule has 3 aromatic carbocycles. The fourth-order valence-corrected chi connectivity index (χ4v) is 2.10. The molecule has 0 spiro atoms. The first-order valence-electron chi connectivity index (χ1n) is 7.53. The van der Waals surface area contributed by atoms with Crippen LogP contribution in [0.15, 0.2) is 90.0 Å². The molecule has 0 aromatic heterocycles. The van der Waals surface area contributed by atoms with E-state index in [2.05, 4.69) is 22.7 Å². The van der Waals surface area contributed by atoms with Gasteiger partial charge in [0, 0.05) is 0 Å². The number of hydrogen-bond donors (Lipinski definition) is 1. The maximum Gasteiger partial charge on any atom is 0.127 e. The summed E-state index contributed by atoms with van der Waals surface area (Å²) in [6, 6.07) is 27.7. The van der Waals surface area contributed by atoms with Gasteiger partial charge in [0.1, 0.15) is 11.5 Å². The summed E-state index contributed by atoms with van der Waals surface area (Å²) in [6.07, 6.45) is 1.80. The van der Waals surface area contributed by atoms with Gasteiger partial charge in [0.15, 0.2) is 0 Å². The summed E-state index contributed by atoms with van der Waals surface area (Å²) >= 11 is 0. The molecule has 3 aromatic rings. The Kier molecular flexibility index (Phi) is 5.04. The molecule has 3 heteroatoms. The molecule has 0 saturated heterocycles. The summed E-state index contributed by atoms with van der Waals surface area (Å²) in [7, 11) is 0. The normalized spacial score (nSPS) is 10.6. The van der Waals surface area contributed by atoms with Gasteiger partial charge >= 0.3 is 0 Å². The zero-order valence-corrected chi connectivity index (χ0v) is 12.7. The second-order valence-corrected chi connectivity index (χ2v) is 5.06. The van der Waals surface area contributed by atoms with Gasteiger partial charge in [-0.25, -0.2) is 0 Å². The van der Waals surface area contributed by atoms with Gasteiger partial charge in [-0.3, -0.25) is 0 Å². The van der Waals surface area contributed by atoms with E-state index < -0.39 is 0 Å². The highest BCUT2D eigenvalue weighted by molar-refractivity contribution is 5.79. The minimum atomic E-state index is 0.715. The van der Waals surface area contributed by atoms with Crippen LogP contribution in [0.4, 0.5) is 0 Å². The molecule has 0 amide bonds. The molecule has 0 aliphatic carbocycles. The van der Waals surface area contributed by atoms with Crippen LogP contribution in [0, 0.1) is 0 Å². The Balaban J connectivity index is 1.52. The van der Waals surface area contributed by atoms with E-state index >= 15 is 0 Å². The largest absolute Gasteiger partial charge is 0.457 e. The number of nitrogens with one attached hydrogen (secondary N) is 1. The zero-order chi connectivity index (χ0) is 15.7. The minimum Gasteiger partial charge on any atom is -0.457 e. The maximum atomic E-state index is 5.76. The molecule has 3 nitrogen and oxygen atoms in total. The van der Waals surface area contributed by atoms with Crippen LogP contribution in [-0.4, -0.2) is 6.21 Å². The predicted molar refractivity (Wildman–Crippen MR) is 93.8 cm³/mol. The highest BCUT2D eigenvalue weighted by Gasteiger charge is 1.96. The lowest BCUT2D eigenvalue weighted by Crippen LogP contribution is -2.05. The molecule has 114 valence electrons. The highest BCUT2D eigenvalue weighted by atomic mass is 16.5. The van der Waals surface area contributed by atoms with Crippen molar-refractivity contribution in [1.82, 2.24) is 5.43 Å². The zero-order valence-electron chi connectivity index (χ0n) is 12.7. The third-order valence-electron chi connectivity index (χ3n) is 3.29. The Morgan fingerprint density at radius 3 is 2.04 bits per heavy atom. The molecule has 0 aliphatic heterocycles. The molecule has 0 unspecified atom stereocenters. The van der Waals surface area contributed by atoms with E-state index in [-0.39, 0.29) is 0 Å². The summed E-state index contributed by atoms with van der Waals surface area (Å²) < 4.78 is 5.76. The van der Waals surface area contributed by atoms with Gasteiger partial charge in [0.2, 0.25) is 0 Å². The molecular weight excluding hydrogens is 284 g/mol. The second kappa shape index (κ2) is 7.80. The SMILES string of the molecule is C(=NNCc1ccccc1)c1ccc(Oc2ccccc2)cc1. The topological polar surface area (TPSA) is 33.6 Å². The van der Waals surface area contributed by atoms with Crippen LogP contribution in [0.5, 0.6) is 11.5 Å². The standard InChI is InChI=1S/C20H18N2O/c1-3-7-17(8-4-1)15-21-22-16-18-11-13-20(14-12-18)23-19-9-5-2-6-10-19/h1-14,16,21H,15H2. The molecular formula is C20H18N2O. The molecule has 0 atom stereocenters. The quantitative estimate of drug-likeness (QED) is 0.533. The van der Waals surface area contributed by atoms with Crippen molar-refractivity contribution >= 4 is 6.21 Å². The molecule has 0 fully saturated rings. The Bertz CT molecular complexity index is 738. The Hall–Kier alpha value is -3.07. The van der Waals surface area contributed by atoms with Crippen LogP contribution >= 0.6 is 0 Å². The van der Waals surface area contributed by atoms with Crippen molar-refractivity contribution in [2.75, 3.05) is 0 Å². The lowest BCUT2D eigenvalue weighted by Gasteiger charge is -2.05. The van der Waals surface area contributed by atoms with Crippen molar-refractivity contribution in [3.63, 3.8) is 0 Å². The van der Waals surface area contributed by atoms with Crippen molar-refractivity contribution < 1.29 is 4.74 Å². The van der Waals surface area contributed by atoms with Gasteiger partial charge in [-0.15, -0.1) is 0 Å². The fraction of sp³-hybridized carbons (Fsp3) is 0.0500. The third-order valence-corrected chi connectivity index (χ3v) is 3.29. The van der Waals surface area contributed by atoms with E-state index in [0.717, 1.165) is 17.1 Å². The van der Waals surface area contributed by atoms with Crippen molar-refractivity contribution in [2.24, 2.45) is 5.10 Å². The molecule has 0 bridgehead atoms. The van der Waals surface area contributed by atoms with Crippen molar-refractivity contribution in [3.05, 3.63) is 96.1 Å². The van der Waals surface area contributed by atoms with Crippen LogP contribution in [0.2, 0.25) is 0 Å². The third kappa shape index (κ3) is 4.71. The number of hydrazone groups is 1. The van der Waals surface area contributed by atoms with Crippen molar-refractivity contribution in [3.8, 4) is 11.5 Å². The van der Waals surface area contributed by atoms with E-state index in [1.54, 1.807) is 6.21 Å². The average molecular weight is 302 g/mol. The van der Waals surface area contributed by atoms with Crippen molar-refractivity contribution in [1.29, 1.82) is 0 Å². The molecule has 23 heavy (non-hydrogen) atoms. The Morgan fingerprint density at radius 2 is 1.35 bits per heavy atom. The number of benzene rings is 3. The summed E-state index contributed by atoms with van der Waals surface area (Å²) in [5.41, 5.74) is 5.27. The number of ether oxygens (including phenoxy) is 1. The van der Waals surface area contributed by atoms with Crippen LogP contribution < -0.4 is 10.2 Å². The maximum absolute atomic E-state index is 5.76. The van der Waals surface area contributed by atoms with E-state index in [1.807, 2.05) is 72.8 Å². The van der Waals surface area contributed by atoms with Gasteiger partial charge < -0.3 is 10.2 Å². The van der Waals surface area contributed by atoms with E-state index in [4.69, 9.17) is 4.74 Å². The lowest BCUT2D eigenvalue weighted by atomic mass is 10.2. The summed E-state index contributed by atoms with van der Waals surface area (Å²) in [5.74, 6) is 1.64. The lowest BCUT2D eigenvalue weighted by molar-refractivity contribution is 0.482. The van der Waals surface area contributed by atoms with Gasteiger partial charge in [0.05, 0.1) is 12.8 Å². The molecule has 3 rings (SSSR count). The number of hydrogen-bond acceptors (Lipinski definition) is 3. The van der Waals surface area contributed by atoms with Crippen molar-refractivity contribution in [2.45, 2.75) is 6.54 Å². The number of para-hydroxylation sites is 1. The Morgan fingerprint density at radius 1 is 0.739 bits per heavy atom. The Labute approximate surface area is 136 Å². The van der Waals surface area contributed by atoms with Gasteiger partial charge in [-0.2, -0.15) is 5.10 Å². The molecule has 0 heterocycles. The minimum absolute atomic E-state index is 0.715. The molecule has 0 saturated carbocycles. The van der Waals surface area contributed by atoms with Gasteiger partial charge in [-0.05, 0) is 47.5 Å². The first-order chi connectivity index (χ1) is 11.4. The van der Waals surface area contributed by atoms with Crippen LogP contribution in [0.1, 0.15) is 11.1 Å². The summed E-state index contributed by atoms with van der Waals surface area (Å²) in [4.78, 5) is 0. The van der Waals surface area contributed by atoms with E-state index in [1.165, 1.54) is 5.56 Å². The monoisotopic (exact) mass is 302 g/mol. The van der Waals surface area contributed by atoms with E-state index in [9.17, 15) is 0 Å². The van der Waals surface area contributed by atoms with E-state index in [0.29, 0.717) is 6.54 Å². The molecule has 1 N–H and O–H groups in total. The average Bonchev–Trinajstić information content (AvgIpc) is 2.62. The second-order valence-electron chi connectivity index (χ2n) is 5.06. The van der Waals surface area contributed by atoms with Gasteiger partial charge in [-0.1, -0.05) is 48.5 Å². The first kappa shape index (κ1) is 14.9. The first-order valence-corrected chi connectivity index (χ1v) is 7.53. The fourth-order valence-electron chi connectivity index (χ4n) is 2.10. The highest BCUT2D eigenvalue weighted by Crippen LogP contribution is 2.20. The van der Waals surface area contributed by atoms with Crippen LogP contribution in [0.25, 0.3) is 0 Å². The number of rotatable bonds is 6.